The van der Waals surface area contributed by atoms with Gasteiger partial charge in [-0.1, -0.05) is 80.9 Å². The van der Waals surface area contributed by atoms with Crippen molar-refractivity contribution in [2.45, 2.75) is 145 Å². The Labute approximate surface area is 221 Å². The van der Waals surface area contributed by atoms with Crippen LogP contribution in [0.1, 0.15) is 122 Å². The first-order valence-corrected chi connectivity index (χ1v) is 16.3. The molecule has 0 nitrogen and oxygen atoms in total. The second kappa shape index (κ2) is 13.4. The zero-order valence-corrected chi connectivity index (χ0v) is 23.7. The lowest BCUT2D eigenvalue weighted by atomic mass is 9.66. The SMILES string of the molecule is CCCC1CCC(C2CCC(CCCC3CCC(C4CCC(I)C(F)C4)CC3)C(F)C2F)CC1. The standard InChI is InChI=1S/C30H50F3I/c1-2-4-20-9-13-23(14-10-20)26-17-15-24(29(32)30(26)33)6-3-5-21-7-11-22(12-8-21)25-16-18-28(34)27(31)19-25/h20-30H,2-19H2,1H3. The number of rotatable bonds is 8. The van der Waals surface area contributed by atoms with Crippen molar-refractivity contribution < 1.29 is 13.2 Å². The summed E-state index contributed by atoms with van der Waals surface area (Å²) in [5.74, 6) is 3.28. The van der Waals surface area contributed by atoms with E-state index in [0.717, 1.165) is 69.1 Å². The summed E-state index contributed by atoms with van der Waals surface area (Å²) in [5, 5.41) is 0. The Bertz CT molecular complexity index is 584. The van der Waals surface area contributed by atoms with Gasteiger partial charge in [-0.15, -0.1) is 0 Å². The van der Waals surface area contributed by atoms with Gasteiger partial charge in [0.2, 0.25) is 0 Å². The highest BCUT2D eigenvalue weighted by Gasteiger charge is 2.43. The second-order valence-electron chi connectivity index (χ2n) is 12.8. The number of halogens is 4. The molecule has 7 unspecified atom stereocenters. The summed E-state index contributed by atoms with van der Waals surface area (Å²) in [7, 11) is 0. The van der Waals surface area contributed by atoms with E-state index in [9.17, 15) is 4.39 Å². The molecular formula is C30H50F3I. The minimum Gasteiger partial charge on any atom is -0.246 e. The maximum atomic E-state index is 15.2. The van der Waals surface area contributed by atoms with Crippen molar-refractivity contribution in [1.82, 2.24) is 0 Å². The summed E-state index contributed by atoms with van der Waals surface area (Å²) in [6, 6.07) is 0. The fourth-order valence-electron chi connectivity index (χ4n) is 8.49. The molecule has 0 aromatic carbocycles. The fraction of sp³-hybridized carbons (Fsp3) is 1.00. The van der Waals surface area contributed by atoms with Gasteiger partial charge in [0.1, 0.15) is 18.5 Å². The molecule has 4 saturated carbocycles. The van der Waals surface area contributed by atoms with E-state index in [4.69, 9.17) is 0 Å². The summed E-state index contributed by atoms with van der Waals surface area (Å²) >= 11 is 2.29. The molecule has 0 aromatic rings. The van der Waals surface area contributed by atoms with Gasteiger partial charge in [-0.05, 0) is 106 Å². The lowest BCUT2D eigenvalue weighted by Crippen LogP contribution is -2.42. The molecule has 0 saturated heterocycles. The molecule has 0 N–H and O–H groups in total. The molecule has 0 aromatic heterocycles. The van der Waals surface area contributed by atoms with Crippen LogP contribution in [0.2, 0.25) is 0 Å². The minimum atomic E-state index is -1.23. The Hall–Kier alpha value is 0.520. The van der Waals surface area contributed by atoms with E-state index in [1.807, 2.05) is 0 Å². The Morgan fingerprint density at radius 1 is 0.618 bits per heavy atom. The van der Waals surface area contributed by atoms with Crippen molar-refractivity contribution in [2.75, 3.05) is 0 Å². The molecule has 0 heterocycles. The summed E-state index contributed by atoms with van der Waals surface area (Å²) in [6.07, 6.45) is 17.3. The van der Waals surface area contributed by atoms with Gasteiger partial charge in [-0.2, -0.15) is 0 Å². The molecule has 0 aliphatic heterocycles. The van der Waals surface area contributed by atoms with Crippen LogP contribution in [0.3, 0.4) is 0 Å². The van der Waals surface area contributed by atoms with Crippen molar-refractivity contribution in [3.8, 4) is 0 Å². The maximum Gasteiger partial charge on any atom is 0.134 e. The van der Waals surface area contributed by atoms with Crippen LogP contribution >= 0.6 is 22.6 Å². The Balaban J connectivity index is 1.13. The Morgan fingerprint density at radius 3 is 1.88 bits per heavy atom. The van der Waals surface area contributed by atoms with Gasteiger partial charge in [0.15, 0.2) is 0 Å². The van der Waals surface area contributed by atoms with E-state index in [1.54, 1.807) is 0 Å². The Morgan fingerprint density at radius 2 is 1.24 bits per heavy atom. The molecule has 198 valence electrons. The number of alkyl halides is 4. The third-order valence-corrected chi connectivity index (χ3v) is 12.1. The maximum absolute atomic E-state index is 15.2. The van der Waals surface area contributed by atoms with Gasteiger partial charge in [0.05, 0.1) is 0 Å². The molecule has 0 bridgehead atoms. The summed E-state index contributed by atoms with van der Waals surface area (Å²) < 4.78 is 44.7. The monoisotopic (exact) mass is 594 g/mol. The normalized spacial score (nSPS) is 46.3. The predicted molar refractivity (Wildman–Crippen MR) is 146 cm³/mol. The van der Waals surface area contributed by atoms with Crippen molar-refractivity contribution in [2.24, 2.45) is 41.4 Å². The molecular weight excluding hydrogens is 544 g/mol. The van der Waals surface area contributed by atoms with Crippen molar-refractivity contribution >= 4 is 22.6 Å². The highest BCUT2D eigenvalue weighted by molar-refractivity contribution is 14.1. The first-order valence-electron chi connectivity index (χ1n) is 15.0. The molecule has 34 heavy (non-hydrogen) atoms. The Kier molecular flexibility index (Phi) is 10.8. The zero-order valence-electron chi connectivity index (χ0n) is 21.6. The third-order valence-electron chi connectivity index (χ3n) is 10.7. The number of hydrogen-bond acceptors (Lipinski definition) is 0. The fourth-order valence-corrected chi connectivity index (χ4v) is 9.14. The van der Waals surface area contributed by atoms with Gasteiger partial charge in [-0.3, -0.25) is 0 Å². The molecule has 0 spiro atoms. The van der Waals surface area contributed by atoms with Crippen LogP contribution in [-0.4, -0.2) is 22.4 Å². The quantitative estimate of drug-likeness (QED) is 0.194. The van der Waals surface area contributed by atoms with E-state index < -0.39 is 18.5 Å². The molecule has 4 rings (SSSR count). The predicted octanol–water partition coefficient (Wildman–Crippen LogP) is 10.2. The highest BCUT2D eigenvalue weighted by atomic mass is 127. The summed E-state index contributed by atoms with van der Waals surface area (Å²) in [6.45, 7) is 2.25. The molecule has 0 radical (unpaired) electrons. The van der Waals surface area contributed by atoms with Crippen LogP contribution in [0.15, 0.2) is 0 Å². The average molecular weight is 595 g/mol. The van der Waals surface area contributed by atoms with Crippen molar-refractivity contribution in [3.05, 3.63) is 0 Å². The lowest BCUT2D eigenvalue weighted by molar-refractivity contribution is -0.0150. The molecule has 4 aliphatic carbocycles. The third kappa shape index (κ3) is 7.09. The van der Waals surface area contributed by atoms with E-state index >= 15 is 8.78 Å². The molecule has 4 fully saturated rings. The largest absolute Gasteiger partial charge is 0.246 e. The number of hydrogen-bond donors (Lipinski definition) is 0. The van der Waals surface area contributed by atoms with Crippen molar-refractivity contribution in [3.63, 3.8) is 0 Å². The second-order valence-corrected chi connectivity index (χ2v) is 14.4. The topological polar surface area (TPSA) is 0 Å². The van der Waals surface area contributed by atoms with Crippen LogP contribution in [0.5, 0.6) is 0 Å². The van der Waals surface area contributed by atoms with E-state index in [0.29, 0.717) is 11.8 Å². The first-order chi connectivity index (χ1) is 16.5. The lowest BCUT2D eigenvalue weighted by Gasteiger charge is -2.41. The summed E-state index contributed by atoms with van der Waals surface area (Å²) in [5.41, 5.74) is 0. The average Bonchev–Trinajstić information content (AvgIpc) is 2.85. The van der Waals surface area contributed by atoms with Crippen LogP contribution in [-0.2, 0) is 0 Å². The van der Waals surface area contributed by atoms with Crippen LogP contribution in [0.4, 0.5) is 13.2 Å². The van der Waals surface area contributed by atoms with Crippen molar-refractivity contribution in [1.29, 1.82) is 0 Å². The van der Waals surface area contributed by atoms with Crippen LogP contribution in [0, 0.1) is 41.4 Å². The molecule has 0 amide bonds. The van der Waals surface area contributed by atoms with Crippen LogP contribution in [0.25, 0.3) is 0 Å². The molecule has 4 aliphatic rings. The van der Waals surface area contributed by atoms with E-state index in [-0.39, 0.29) is 15.8 Å². The smallest absolute Gasteiger partial charge is 0.134 e. The minimum absolute atomic E-state index is 0.0182. The van der Waals surface area contributed by atoms with Gasteiger partial charge < -0.3 is 0 Å². The van der Waals surface area contributed by atoms with Gasteiger partial charge >= 0.3 is 0 Å². The van der Waals surface area contributed by atoms with Gasteiger partial charge in [0.25, 0.3) is 0 Å². The molecule has 7 atom stereocenters. The zero-order chi connectivity index (χ0) is 24.1. The highest BCUT2D eigenvalue weighted by Crippen LogP contribution is 2.46. The first kappa shape index (κ1) is 27.6. The van der Waals surface area contributed by atoms with E-state index in [1.165, 1.54) is 64.2 Å². The van der Waals surface area contributed by atoms with Gasteiger partial charge in [-0.25, -0.2) is 13.2 Å². The summed E-state index contributed by atoms with van der Waals surface area (Å²) in [4.78, 5) is 0. The van der Waals surface area contributed by atoms with E-state index in [2.05, 4.69) is 29.5 Å². The van der Waals surface area contributed by atoms with Gasteiger partial charge in [0, 0.05) is 3.92 Å². The van der Waals surface area contributed by atoms with Crippen LogP contribution < -0.4 is 0 Å². The molecule has 4 heteroatoms.